The van der Waals surface area contributed by atoms with Crippen LogP contribution in [0.1, 0.15) is 33.6 Å². The molecule has 0 aromatic heterocycles. The van der Waals surface area contributed by atoms with Gasteiger partial charge >= 0.3 is 12.1 Å². The van der Waals surface area contributed by atoms with Crippen LogP contribution in [0.25, 0.3) is 0 Å². The third kappa shape index (κ3) is 4.33. The van der Waals surface area contributed by atoms with Gasteiger partial charge in [0.25, 0.3) is 0 Å². The molecular weight excluding hydrogens is 306 g/mol. The number of esters is 1. The van der Waals surface area contributed by atoms with Gasteiger partial charge in [-0.25, -0.2) is 9.59 Å². The lowest BCUT2D eigenvalue weighted by atomic mass is 9.98. The molecule has 0 bridgehead atoms. The zero-order chi connectivity index (χ0) is 17.1. The molecule has 0 unspecified atom stereocenters. The Morgan fingerprint density at radius 1 is 1.09 bits per heavy atom. The Labute approximate surface area is 135 Å². The van der Waals surface area contributed by atoms with E-state index < -0.39 is 29.0 Å². The molecule has 2 rings (SSSR count). The third-order valence-electron chi connectivity index (χ3n) is 3.73. The van der Waals surface area contributed by atoms with Crippen LogP contribution < -0.4 is 5.32 Å². The Morgan fingerprint density at radius 2 is 1.65 bits per heavy atom. The summed E-state index contributed by atoms with van der Waals surface area (Å²) < 4.78 is 26.9. The standard InChI is InChI=1S/C15H25NO7/c1-13(2,3)23-12(18)16-14(11(17)19-4)9-21-15(22-10-14)5-7-20-8-6-15/h5-10H2,1-4H3,(H,16,18). The summed E-state index contributed by atoms with van der Waals surface area (Å²) in [7, 11) is 1.25. The summed E-state index contributed by atoms with van der Waals surface area (Å²) in [6, 6.07) is 0. The lowest BCUT2D eigenvalue weighted by Crippen LogP contribution is -2.67. The molecule has 2 heterocycles. The van der Waals surface area contributed by atoms with Gasteiger partial charge in [-0.3, -0.25) is 0 Å². The van der Waals surface area contributed by atoms with Crippen molar-refractivity contribution in [1.82, 2.24) is 5.32 Å². The minimum absolute atomic E-state index is 0.0427. The highest BCUT2D eigenvalue weighted by Gasteiger charge is 2.52. The first-order chi connectivity index (χ1) is 10.7. The van der Waals surface area contributed by atoms with Gasteiger partial charge in [-0.15, -0.1) is 0 Å². The van der Waals surface area contributed by atoms with Crippen molar-refractivity contribution in [2.24, 2.45) is 0 Å². The fourth-order valence-corrected chi connectivity index (χ4v) is 2.50. The topological polar surface area (TPSA) is 92.3 Å². The van der Waals surface area contributed by atoms with Gasteiger partial charge in [0.2, 0.25) is 0 Å². The van der Waals surface area contributed by atoms with Gasteiger partial charge in [0.1, 0.15) is 5.60 Å². The Hall–Kier alpha value is -1.38. The van der Waals surface area contributed by atoms with Gasteiger partial charge in [0, 0.05) is 12.8 Å². The van der Waals surface area contributed by atoms with Gasteiger partial charge in [-0.1, -0.05) is 0 Å². The van der Waals surface area contributed by atoms with E-state index in [1.807, 2.05) is 0 Å². The van der Waals surface area contributed by atoms with Gasteiger partial charge in [-0.05, 0) is 20.8 Å². The fraction of sp³-hybridized carbons (Fsp3) is 0.867. The smallest absolute Gasteiger partial charge is 0.408 e. The quantitative estimate of drug-likeness (QED) is 0.754. The first-order valence-corrected chi connectivity index (χ1v) is 7.66. The fourth-order valence-electron chi connectivity index (χ4n) is 2.50. The predicted octanol–water partition coefficient (Wildman–Crippen LogP) is 0.976. The van der Waals surface area contributed by atoms with E-state index in [9.17, 15) is 9.59 Å². The lowest BCUT2D eigenvalue weighted by molar-refractivity contribution is -0.311. The molecule has 0 radical (unpaired) electrons. The molecule has 0 saturated carbocycles. The first kappa shape index (κ1) is 18.0. The summed E-state index contributed by atoms with van der Waals surface area (Å²) in [4.78, 5) is 24.2. The maximum atomic E-state index is 12.2. The molecule has 8 heteroatoms. The Bertz CT molecular complexity index is 441. The molecule has 1 amide bonds. The van der Waals surface area contributed by atoms with Gasteiger partial charge < -0.3 is 29.0 Å². The molecule has 0 aromatic rings. The molecule has 2 saturated heterocycles. The molecule has 8 nitrogen and oxygen atoms in total. The van der Waals surface area contributed by atoms with Crippen LogP contribution in [0.3, 0.4) is 0 Å². The molecule has 132 valence electrons. The van der Waals surface area contributed by atoms with Crippen molar-refractivity contribution in [3.05, 3.63) is 0 Å². The predicted molar refractivity (Wildman–Crippen MR) is 78.8 cm³/mol. The molecule has 0 atom stereocenters. The summed E-state index contributed by atoms with van der Waals surface area (Å²) in [5.74, 6) is -1.39. The van der Waals surface area contributed by atoms with E-state index in [-0.39, 0.29) is 13.2 Å². The van der Waals surface area contributed by atoms with E-state index in [1.54, 1.807) is 20.8 Å². The minimum Gasteiger partial charge on any atom is -0.467 e. The molecule has 1 N–H and O–H groups in total. The number of amides is 1. The van der Waals surface area contributed by atoms with Crippen LogP contribution in [0.15, 0.2) is 0 Å². The largest absolute Gasteiger partial charge is 0.467 e. The average Bonchev–Trinajstić information content (AvgIpc) is 2.48. The first-order valence-electron chi connectivity index (χ1n) is 7.66. The van der Waals surface area contributed by atoms with Crippen LogP contribution in [0.4, 0.5) is 4.79 Å². The molecule has 2 aliphatic rings. The maximum absolute atomic E-state index is 12.2. The number of nitrogens with one attached hydrogen (secondary N) is 1. The lowest BCUT2D eigenvalue weighted by Gasteiger charge is -2.46. The highest BCUT2D eigenvalue weighted by Crippen LogP contribution is 2.33. The van der Waals surface area contributed by atoms with Crippen molar-refractivity contribution < 1.29 is 33.3 Å². The molecule has 2 aliphatic heterocycles. The SMILES string of the molecule is COC(=O)C1(NC(=O)OC(C)(C)C)COC2(CCOCC2)OC1. The van der Waals surface area contributed by atoms with E-state index >= 15 is 0 Å². The van der Waals surface area contributed by atoms with Gasteiger partial charge in [0.15, 0.2) is 11.3 Å². The second-order valence-corrected chi connectivity index (χ2v) is 6.80. The number of hydrogen-bond acceptors (Lipinski definition) is 7. The number of hydrogen-bond donors (Lipinski definition) is 1. The van der Waals surface area contributed by atoms with Crippen molar-refractivity contribution in [1.29, 1.82) is 0 Å². The van der Waals surface area contributed by atoms with E-state index in [4.69, 9.17) is 23.7 Å². The van der Waals surface area contributed by atoms with Gasteiger partial charge in [-0.2, -0.15) is 0 Å². The van der Waals surface area contributed by atoms with Crippen LogP contribution >= 0.6 is 0 Å². The van der Waals surface area contributed by atoms with Crippen molar-refractivity contribution in [2.45, 2.75) is 50.5 Å². The molecule has 2 fully saturated rings. The van der Waals surface area contributed by atoms with Crippen LogP contribution in [0.2, 0.25) is 0 Å². The summed E-state index contributed by atoms with van der Waals surface area (Å²) in [5, 5.41) is 2.54. The van der Waals surface area contributed by atoms with E-state index in [0.29, 0.717) is 26.1 Å². The molecule has 0 aliphatic carbocycles. The minimum atomic E-state index is -1.42. The summed E-state index contributed by atoms with van der Waals surface area (Å²) in [5.41, 5.74) is -2.10. The number of carbonyl (C=O) groups excluding carboxylic acids is 2. The van der Waals surface area contributed by atoms with Crippen LogP contribution in [0.5, 0.6) is 0 Å². The second-order valence-electron chi connectivity index (χ2n) is 6.80. The highest BCUT2D eigenvalue weighted by atomic mass is 16.7. The summed E-state index contributed by atoms with van der Waals surface area (Å²) in [6.45, 7) is 6.19. The average molecular weight is 331 g/mol. The van der Waals surface area contributed by atoms with Crippen molar-refractivity contribution >= 4 is 12.1 Å². The normalized spacial score (nSPS) is 23.1. The summed E-state index contributed by atoms with van der Waals surface area (Å²) >= 11 is 0. The van der Waals surface area contributed by atoms with Crippen molar-refractivity contribution in [3.63, 3.8) is 0 Å². The Balaban J connectivity index is 2.06. The maximum Gasteiger partial charge on any atom is 0.408 e. The molecule has 23 heavy (non-hydrogen) atoms. The van der Waals surface area contributed by atoms with Crippen LogP contribution in [-0.4, -0.2) is 62.5 Å². The highest BCUT2D eigenvalue weighted by molar-refractivity contribution is 5.86. The zero-order valence-electron chi connectivity index (χ0n) is 14.1. The number of ether oxygens (including phenoxy) is 5. The number of alkyl carbamates (subject to hydrolysis) is 1. The molecule has 0 aromatic carbocycles. The van der Waals surface area contributed by atoms with Crippen LogP contribution in [0, 0.1) is 0 Å². The number of carbonyl (C=O) groups is 2. The zero-order valence-corrected chi connectivity index (χ0v) is 14.1. The van der Waals surface area contributed by atoms with E-state index in [2.05, 4.69) is 5.32 Å². The Morgan fingerprint density at radius 3 is 2.13 bits per heavy atom. The molecular formula is C15H25NO7. The van der Waals surface area contributed by atoms with Gasteiger partial charge in [0.05, 0.1) is 33.5 Å². The number of methoxy groups -OCH3 is 1. The monoisotopic (exact) mass is 331 g/mol. The van der Waals surface area contributed by atoms with Crippen molar-refractivity contribution in [2.75, 3.05) is 33.5 Å². The molecule has 1 spiro atoms. The summed E-state index contributed by atoms with van der Waals surface area (Å²) in [6.07, 6.45) is 0.436. The second kappa shape index (κ2) is 6.62. The Kier molecular flexibility index (Phi) is 5.17. The van der Waals surface area contributed by atoms with E-state index in [0.717, 1.165) is 0 Å². The number of rotatable bonds is 2. The third-order valence-corrected chi connectivity index (χ3v) is 3.73. The van der Waals surface area contributed by atoms with Crippen LogP contribution in [-0.2, 0) is 28.5 Å². The van der Waals surface area contributed by atoms with E-state index in [1.165, 1.54) is 7.11 Å². The van der Waals surface area contributed by atoms with Crippen molar-refractivity contribution in [3.8, 4) is 0 Å².